The molecular weight excluding hydrogens is 525 g/mol. The zero-order chi connectivity index (χ0) is 25.8. The quantitative estimate of drug-likeness (QED) is 0.327. The van der Waals surface area contributed by atoms with Crippen molar-refractivity contribution < 1.29 is 14.5 Å². The molecule has 5 N–H and O–H groups in total. The van der Waals surface area contributed by atoms with Crippen LogP contribution in [0.1, 0.15) is 24.3 Å². The molecule has 1 fully saturated rings. The van der Waals surface area contributed by atoms with Gasteiger partial charge in [-0.3, -0.25) is 9.79 Å². The Hall–Kier alpha value is -2.34. The highest BCUT2D eigenvalue weighted by molar-refractivity contribution is 8.15. The van der Waals surface area contributed by atoms with Crippen LogP contribution >= 0.6 is 35.3 Å². The Bertz CT molecular complexity index is 1290. The molecule has 8 nitrogen and oxygen atoms in total. The third-order valence-electron chi connectivity index (χ3n) is 6.40. The first-order chi connectivity index (χ1) is 18.0. The zero-order valence-corrected chi connectivity index (χ0v) is 23.5. The summed E-state index contributed by atoms with van der Waals surface area (Å²) in [6.45, 7) is 6.35. The third-order valence-corrected chi connectivity index (χ3v) is 9.38. The number of amides is 1. The van der Waals surface area contributed by atoms with E-state index in [1.807, 2.05) is 61.0 Å². The minimum atomic E-state index is -0.893. The highest BCUT2D eigenvalue weighted by Gasteiger charge is 2.26. The number of nitrogens with zero attached hydrogens (tertiary/aromatic N) is 2. The molecule has 2 aliphatic heterocycles. The van der Waals surface area contributed by atoms with Crippen LogP contribution in [0.2, 0.25) is 0 Å². The number of benzene rings is 1. The second kappa shape index (κ2) is 12.0. The maximum Gasteiger partial charge on any atom is 0.263 e. The molecule has 37 heavy (non-hydrogen) atoms. The number of rotatable bonds is 10. The van der Waals surface area contributed by atoms with Gasteiger partial charge in [0.2, 0.25) is 11.1 Å². The molecule has 1 amide bonds. The first-order valence-electron chi connectivity index (χ1n) is 12.5. The maximum atomic E-state index is 12.4. The zero-order valence-electron chi connectivity index (χ0n) is 21.1. The van der Waals surface area contributed by atoms with Crippen LogP contribution in [-0.4, -0.2) is 76.6 Å². The van der Waals surface area contributed by atoms with Crippen molar-refractivity contribution in [3.8, 4) is 5.75 Å². The van der Waals surface area contributed by atoms with E-state index in [9.17, 15) is 4.79 Å². The lowest BCUT2D eigenvalue weighted by Crippen LogP contribution is -2.37. The summed E-state index contributed by atoms with van der Waals surface area (Å²) in [5.41, 5.74) is 9.36. The highest BCUT2D eigenvalue weighted by atomic mass is 32.2. The molecule has 0 aliphatic carbocycles. The maximum absolute atomic E-state index is 12.4. The summed E-state index contributed by atoms with van der Waals surface area (Å²) < 4.78 is 6.19. The fourth-order valence-electron chi connectivity index (χ4n) is 4.62. The molecule has 2 aromatic heterocycles. The summed E-state index contributed by atoms with van der Waals surface area (Å²) in [5, 5.41) is 6.74. The second-order valence-electron chi connectivity index (χ2n) is 8.99. The Morgan fingerprint density at radius 3 is 2.95 bits per heavy atom. The van der Waals surface area contributed by atoms with E-state index < -0.39 is 12.0 Å². The van der Waals surface area contributed by atoms with E-state index in [1.54, 1.807) is 11.8 Å². The molecule has 1 saturated heterocycles. The van der Waals surface area contributed by atoms with Crippen LogP contribution in [0.25, 0.3) is 10.9 Å². The minimum absolute atomic E-state index is 0.488. The Morgan fingerprint density at radius 2 is 2.19 bits per heavy atom. The number of aromatic nitrogens is 2. The van der Waals surface area contributed by atoms with Crippen molar-refractivity contribution in [3.05, 3.63) is 47.8 Å². The van der Waals surface area contributed by atoms with Gasteiger partial charge in [0.1, 0.15) is 10.8 Å². The fraction of sp³-hybridized carbons (Fsp3) is 0.423. The summed E-state index contributed by atoms with van der Waals surface area (Å²) in [6, 6.07) is 9.71. The molecule has 1 aromatic carbocycles. The molecule has 196 valence electrons. The van der Waals surface area contributed by atoms with Crippen molar-refractivity contribution in [3.63, 3.8) is 0 Å². The van der Waals surface area contributed by atoms with Gasteiger partial charge in [-0.25, -0.2) is 4.98 Å². The molecule has 5 rings (SSSR count). The molecule has 2 unspecified atom stereocenters. The van der Waals surface area contributed by atoms with Gasteiger partial charge in [0.25, 0.3) is 5.91 Å². The largest absolute Gasteiger partial charge is 0.476 e. The number of primary amides is 1. The van der Waals surface area contributed by atoms with E-state index in [4.69, 9.17) is 15.5 Å². The molecule has 3 aromatic rings. The number of hydrogen-bond acceptors (Lipinski definition) is 8. The van der Waals surface area contributed by atoms with Gasteiger partial charge in [0.05, 0.1) is 23.4 Å². The number of ether oxygens (including phenoxy) is 1. The van der Waals surface area contributed by atoms with Gasteiger partial charge in [-0.1, -0.05) is 30.4 Å². The number of hydrogen-bond donors (Lipinski definition) is 3. The Kier molecular flexibility index (Phi) is 8.53. The van der Waals surface area contributed by atoms with E-state index >= 15 is 0 Å². The van der Waals surface area contributed by atoms with E-state index in [1.165, 1.54) is 24.6 Å². The van der Waals surface area contributed by atoms with Crippen LogP contribution in [-0.2, 0) is 4.79 Å². The van der Waals surface area contributed by atoms with E-state index in [2.05, 4.69) is 33.2 Å². The second-order valence-corrected chi connectivity index (χ2v) is 12.8. The lowest BCUT2D eigenvalue weighted by atomic mass is 10.1. The fourth-order valence-corrected chi connectivity index (χ4v) is 7.42. The molecule has 0 spiro atoms. The number of nitrogens with two attached hydrogens (primary N) is 1. The van der Waals surface area contributed by atoms with Crippen LogP contribution in [0.3, 0.4) is 0 Å². The summed E-state index contributed by atoms with van der Waals surface area (Å²) in [4.78, 5) is 26.5. The molecule has 0 radical (unpaired) electrons. The monoisotopic (exact) mass is 557 g/mol. The van der Waals surface area contributed by atoms with E-state index in [0.29, 0.717) is 11.0 Å². The average molecular weight is 558 g/mol. The van der Waals surface area contributed by atoms with Crippen LogP contribution < -0.4 is 20.8 Å². The Labute approximate surface area is 230 Å². The molecule has 0 bridgehead atoms. The number of aromatic amines is 2. The van der Waals surface area contributed by atoms with Gasteiger partial charge in [-0.05, 0) is 12.1 Å². The number of H-pyrrole nitrogens is 2. The predicted octanol–water partition coefficient (Wildman–Crippen LogP) is 3.65. The van der Waals surface area contributed by atoms with Crippen molar-refractivity contribution in [2.75, 3.05) is 55.8 Å². The number of fused-ring (bicyclic) bond motifs is 1. The molecule has 2 aliphatic rings. The van der Waals surface area contributed by atoms with Crippen LogP contribution in [0, 0.1) is 0 Å². The third kappa shape index (κ3) is 6.22. The van der Waals surface area contributed by atoms with Gasteiger partial charge in [0.15, 0.2) is 6.20 Å². The number of carbonyl (C=O) groups is 1. The predicted molar refractivity (Wildman–Crippen MR) is 156 cm³/mol. The number of anilines is 1. The number of carbonyl (C=O) groups excluding carboxylic acids is 1. The first kappa shape index (κ1) is 26.3. The smallest absolute Gasteiger partial charge is 0.263 e. The lowest BCUT2D eigenvalue weighted by Gasteiger charge is -2.28. The van der Waals surface area contributed by atoms with Crippen molar-refractivity contribution in [1.29, 1.82) is 0 Å². The normalized spacial score (nSPS) is 19.1. The average Bonchev–Trinajstić information content (AvgIpc) is 3.54. The summed E-state index contributed by atoms with van der Waals surface area (Å²) in [6.07, 6.45) is 0.917. The van der Waals surface area contributed by atoms with Crippen LogP contribution in [0.5, 0.6) is 5.75 Å². The molecule has 2 atom stereocenters. The van der Waals surface area contributed by atoms with Crippen molar-refractivity contribution in [2.24, 2.45) is 10.7 Å². The van der Waals surface area contributed by atoms with Gasteiger partial charge in [0, 0.05) is 78.3 Å². The first-order valence-corrected chi connectivity index (χ1v) is 15.5. The van der Waals surface area contributed by atoms with Crippen LogP contribution in [0.15, 0.2) is 46.5 Å². The standard InChI is InChI=1S/C26H32N6O2S3/c1-3-36-22-12-16(4-5-29-22)24(25(27)33)34-18-10-17-11-21(31-23(17)20(13-18)28-2)26-30-14-19(37-26)15-32-6-8-35-9-7-32/h4-5,10-13,19,24,28,31H,3,6-9,14-15H2,1-2H3,(H2,27,33)/p+1. The summed E-state index contributed by atoms with van der Waals surface area (Å²) in [7, 11) is 1.88. The van der Waals surface area contributed by atoms with Gasteiger partial charge in [-0.2, -0.15) is 11.8 Å². The number of pyridine rings is 1. The summed E-state index contributed by atoms with van der Waals surface area (Å²) >= 11 is 5.56. The highest BCUT2D eigenvalue weighted by Crippen LogP contribution is 2.35. The van der Waals surface area contributed by atoms with E-state index in [-0.39, 0.29) is 0 Å². The number of aliphatic imine (C=N–C) groups is 1. The molecule has 4 heterocycles. The molecular formula is C26H33N6O2S3+. The van der Waals surface area contributed by atoms with Gasteiger partial charge in [-0.15, -0.1) is 0 Å². The Balaban J connectivity index is 1.35. The topological polar surface area (TPSA) is 110 Å². The van der Waals surface area contributed by atoms with Gasteiger partial charge < -0.3 is 25.7 Å². The van der Waals surface area contributed by atoms with Gasteiger partial charge >= 0.3 is 0 Å². The van der Waals surface area contributed by atoms with E-state index in [0.717, 1.165) is 56.8 Å². The van der Waals surface area contributed by atoms with Crippen molar-refractivity contribution >= 4 is 62.8 Å². The lowest BCUT2D eigenvalue weighted by molar-refractivity contribution is -0.426. The number of thioether (sulfide) groups is 3. The van der Waals surface area contributed by atoms with Crippen molar-refractivity contribution in [1.82, 2.24) is 9.88 Å². The summed E-state index contributed by atoms with van der Waals surface area (Å²) in [5.74, 6) is 3.41. The Morgan fingerprint density at radius 1 is 1.35 bits per heavy atom. The van der Waals surface area contributed by atoms with Crippen LogP contribution in [0.4, 0.5) is 5.69 Å². The molecule has 0 saturated carbocycles. The van der Waals surface area contributed by atoms with Crippen molar-refractivity contribution in [2.45, 2.75) is 23.3 Å². The SMILES string of the molecule is CCSc1cc(C(Oc2cc(NC)c3[nH]c(C4=NCC(CN5CCSCC5)S4)cc3c2)C(N)=O)cc[nH+]1. The minimum Gasteiger partial charge on any atom is -0.476 e. The molecule has 11 heteroatoms. The number of nitrogens with one attached hydrogen (secondary N) is 3.